The maximum Gasteiger partial charge on any atom is 0.260 e. The van der Waals surface area contributed by atoms with Crippen molar-refractivity contribution in [3.8, 4) is 17.2 Å². The third kappa shape index (κ3) is 5.41. The summed E-state index contributed by atoms with van der Waals surface area (Å²) in [5, 5.41) is 2.81. The lowest BCUT2D eigenvalue weighted by Crippen LogP contribution is -2.38. The fourth-order valence-electron chi connectivity index (χ4n) is 2.30. The number of nitrogens with one attached hydrogen (secondary N) is 1. The molecule has 0 radical (unpaired) electrons. The van der Waals surface area contributed by atoms with E-state index in [1.54, 1.807) is 26.2 Å². The van der Waals surface area contributed by atoms with Crippen LogP contribution in [0.3, 0.4) is 0 Å². The maximum absolute atomic E-state index is 12.1. The van der Waals surface area contributed by atoms with Crippen LogP contribution in [0.1, 0.15) is 18.1 Å². The molecule has 2 aromatic carbocycles. The van der Waals surface area contributed by atoms with Crippen molar-refractivity contribution in [2.45, 2.75) is 26.9 Å². The molecule has 5 heteroatoms. The number of hydrogen-bond donors (Lipinski definition) is 1. The molecule has 1 N–H and O–H groups in total. The van der Waals surface area contributed by atoms with Gasteiger partial charge in [-0.1, -0.05) is 24.3 Å². The fourth-order valence-corrected chi connectivity index (χ4v) is 2.30. The van der Waals surface area contributed by atoms with Crippen LogP contribution in [0, 0.1) is 13.8 Å². The molecular formula is C20H25NO4. The van der Waals surface area contributed by atoms with Gasteiger partial charge in [0, 0.05) is 0 Å². The second-order valence-electron chi connectivity index (χ2n) is 5.82. The summed E-state index contributed by atoms with van der Waals surface area (Å²) < 4.78 is 16.6. The molecule has 25 heavy (non-hydrogen) atoms. The Morgan fingerprint density at radius 2 is 1.80 bits per heavy atom. The predicted molar refractivity (Wildman–Crippen MR) is 97.5 cm³/mol. The second kappa shape index (κ2) is 8.97. The average Bonchev–Trinajstić information content (AvgIpc) is 2.61. The van der Waals surface area contributed by atoms with Gasteiger partial charge < -0.3 is 19.5 Å². The number of hydrogen-bond acceptors (Lipinski definition) is 4. The number of para-hydroxylation sites is 2. The minimum atomic E-state index is -0.628. The topological polar surface area (TPSA) is 56.8 Å². The highest BCUT2D eigenvalue weighted by Crippen LogP contribution is 2.26. The first-order chi connectivity index (χ1) is 12.0. The van der Waals surface area contributed by atoms with E-state index in [0.29, 0.717) is 24.7 Å². The zero-order valence-electron chi connectivity index (χ0n) is 15.2. The Bertz CT molecular complexity index is 715. The summed E-state index contributed by atoms with van der Waals surface area (Å²) >= 11 is 0. The highest BCUT2D eigenvalue weighted by atomic mass is 16.5. The van der Waals surface area contributed by atoms with Crippen LogP contribution in [-0.2, 0) is 4.79 Å². The van der Waals surface area contributed by atoms with E-state index in [2.05, 4.69) is 5.32 Å². The third-order valence-electron chi connectivity index (χ3n) is 3.74. The zero-order chi connectivity index (χ0) is 18.2. The molecule has 0 saturated carbocycles. The average molecular weight is 343 g/mol. The molecule has 1 atom stereocenters. The van der Waals surface area contributed by atoms with Crippen LogP contribution in [0.15, 0.2) is 42.5 Å². The molecule has 0 spiro atoms. The molecule has 0 aliphatic rings. The van der Waals surface area contributed by atoms with Crippen molar-refractivity contribution in [1.82, 2.24) is 5.32 Å². The standard InChI is InChI=1S/C20H25NO4/c1-14-9-10-15(2)19(13-14)24-12-11-21-20(22)16(3)25-18-8-6-5-7-17(18)23-4/h5-10,13,16H,11-12H2,1-4H3,(H,21,22)/t16-/m0/s1. The minimum absolute atomic E-state index is 0.199. The van der Waals surface area contributed by atoms with Gasteiger partial charge in [-0.05, 0) is 50.1 Å². The first kappa shape index (κ1) is 18.6. The molecule has 2 aromatic rings. The smallest absolute Gasteiger partial charge is 0.260 e. The van der Waals surface area contributed by atoms with Crippen molar-refractivity contribution in [3.63, 3.8) is 0 Å². The minimum Gasteiger partial charge on any atom is -0.493 e. The summed E-state index contributed by atoms with van der Waals surface area (Å²) in [4.78, 5) is 12.1. The molecule has 0 saturated heterocycles. The number of aryl methyl sites for hydroxylation is 2. The van der Waals surface area contributed by atoms with Crippen molar-refractivity contribution in [2.75, 3.05) is 20.3 Å². The number of carbonyl (C=O) groups excluding carboxylic acids is 1. The molecule has 1 amide bonds. The summed E-state index contributed by atoms with van der Waals surface area (Å²) in [6.07, 6.45) is -0.628. The molecule has 0 aliphatic carbocycles. The van der Waals surface area contributed by atoms with Gasteiger partial charge in [-0.25, -0.2) is 0 Å². The van der Waals surface area contributed by atoms with Crippen LogP contribution >= 0.6 is 0 Å². The highest BCUT2D eigenvalue weighted by Gasteiger charge is 2.16. The summed E-state index contributed by atoms with van der Waals surface area (Å²) in [6, 6.07) is 13.3. The van der Waals surface area contributed by atoms with Crippen LogP contribution in [0.5, 0.6) is 17.2 Å². The van der Waals surface area contributed by atoms with Crippen LogP contribution < -0.4 is 19.5 Å². The summed E-state index contributed by atoms with van der Waals surface area (Å²) in [7, 11) is 1.57. The van der Waals surface area contributed by atoms with Gasteiger partial charge in [0.2, 0.25) is 0 Å². The Kier molecular flexibility index (Phi) is 6.69. The number of methoxy groups -OCH3 is 1. The normalized spacial score (nSPS) is 11.5. The number of amides is 1. The monoisotopic (exact) mass is 343 g/mol. The van der Waals surface area contributed by atoms with E-state index in [0.717, 1.165) is 16.9 Å². The van der Waals surface area contributed by atoms with Gasteiger partial charge in [-0.3, -0.25) is 4.79 Å². The second-order valence-corrected chi connectivity index (χ2v) is 5.82. The largest absolute Gasteiger partial charge is 0.493 e. The quantitative estimate of drug-likeness (QED) is 0.748. The van der Waals surface area contributed by atoms with Gasteiger partial charge >= 0.3 is 0 Å². The Hall–Kier alpha value is -2.69. The Morgan fingerprint density at radius 3 is 2.52 bits per heavy atom. The van der Waals surface area contributed by atoms with E-state index < -0.39 is 6.10 Å². The molecule has 134 valence electrons. The van der Waals surface area contributed by atoms with Crippen molar-refractivity contribution in [2.24, 2.45) is 0 Å². The van der Waals surface area contributed by atoms with Gasteiger partial charge in [0.1, 0.15) is 12.4 Å². The highest BCUT2D eigenvalue weighted by molar-refractivity contribution is 5.80. The first-order valence-corrected chi connectivity index (χ1v) is 8.28. The molecule has 0 aliphatic heterocycles. The van der Waals surface area contributed by atoms with Gasteiger partial charge in [0.25, 0.3) is 5.91 Å². The Morgan fingerprint density at radius 1 is 1.08 bits per heavy atom. The van der Waals surface area contributed by atoms with E-state index in [4.69, 9.17) is 14.2 Å². The van der Waals surface area contributed by atoms with Crippen LogP contribution in [-0.4, -0.2) is 32.3 Å². The third-order valence-corrected chi connectivity index (χ3v) is 3.74. The number of ether oxygens (including phenoxy) is 3. The summed E-state index contributed by atoms with van der Waals surface area (Å²) in [5.41, 5.74) is 2.22. The van der Waals surface area contributed by atoms with Crippen LogP contribution in [0.2, 0.25) is 0 Å². The number of carbonyl (C=O) groups is 1. The van der Waals surface area contributed by atoms with Gasteiger partial charge in [-0.2, -0.15) is 0 Å². The fraction of sp³-hybridized carbons (Fsp3) is 0.350. The molecule has 5 nitrogen and oxygen atoms in total. The van der Waals surface area contributed by atoms with E-state index in [1.807, 2.05) is 44.2 Å². The summed E-state index contributed by atoms with van der Waals surface area (Å²) in [6.45, 7) is 6.53. The number of benzene rings is 2. The van der Waals surface area contributed by atoms with Crippen LogP contribution in [0.25, 0.3) is 0 Å². The lowest BCUT2D eigenvalue weighted by atomic mass is 10.1. The van der Waals surface area contributed by atoms with Crippen molar-refractivity contribution >= 4 is 5.91 Å². The SMILES string of the molecule is COc1ccccc1O[C@@H](C)C(=O)NCCOc1cc(C)ccc1C. The molecule has 0 unspecified atom stereocenters. The van der Waals surface area contributed by atoms with E-state index >= 15 is 0 Å². The number of rotatable bonds is 8. The molecule has 0 bridgehead atoms. The predicted octanol–water partition coefficient (Wildman–Crippen LogP) is 3.27. The lowest BCUT2D eigenvalue weighted by Gasteiger charge is -2.17. The lowest BCUT2D eigenvalue weighted by molar-refractivity contribution is -0.127. The van der Waals surface area contributed by atoms with Crippen LogP contribution in [0.4, 0.5) is 0 Å². The van der Waals surface area contributed by atoms with E-state index in [-0.39, 0.29) is 5.91 Å². The van der Waals surface area contributed by atoms with Crippen molar-refractivity contribution in [3.05, 3.63) is 53.6 Å². The maximum atomic E-state index is 12.1. The molecule has 0 fully saturated rings. The van der Waals surface area contributed by atoms with Crippen molar-refractivity contribution in [1.29, 1.82) is 0 Å². The van der Waals surface area contributed by atoms with E-state index in [9.17, 15) is 4.79 Å². The van der Waals surface area contributed by atoms with E-state index in [1.165, 1.54) is 0 Å². The first-order valence-electron chi connectivity index (χ1n) is 8.28. The van der Waals surface area contributed by atoms with Gasteiger partial charge in [-0.15, -0.1) is 0 Å². The Balaban J connectivity index is 1.78. The van der Waals surface area contributed by atoms with Crippen molar-refractivity contribution < 1.29 is 19.0 Å². The summed E-state index contributed by atoms with van der Waals surface area (Å²) in [5.74, 6) is 1.78. The molecule has 0 aromatic heterocycles. The van der Waals surface area contributed by atoms with Gasteiger partial charge in [0.15, 0.2) is 17.6 Å². The Labute approximate surface area is 148 Å². The zero-order valence-corrected chi connectivity index (χ0v) is 15.2. The molecule has 2 rings (SSSR count). The molecular weight excluding hydrogens is 318 g/mol. The van der Waals surface area contributed by atoms with Gasteiger partial charge in [0.05, 0.1) is 13.7 Å². The molecule has 0 heterocycles.